The minimum atomic E-state index is -3.34. The van der Waals surface area contributed by atoms with E-state index in [1.807, 2.05) is 0 Å². The highest BCUT2D eigenvalue weighted by Gasteiger charge is 2.25. The summed E-state index contributed by atoms with van der Waals surface area (Å²) in [5.41, 5.74) is 0. The van der Waals surface area contributed by atoms with Gasteiger partial charge in [-0.05, 0) is 13.3 Å². The number of alkyl halides is 1. The van der Waals surface area contributed by atoms with Crippen molar-refractivity contribution < 1.29 is 17.9 Å². The van der Waals surface area contributed by atoms with Crippen LogP contribution in [0.15, 0.2) is 0 Å². The van der Waals surface area contributed by atoms with E-state index in [1.54, 1.807) is 0 Å². The van der Waals surface area contributed by atoms with Crippen LogP contribution in [0.5, 0.6) is 0 Å². The summed E-state index contributed by atoms with van der Waals surface area (Å²) in [4.78, 5) is 11.6. The maximum absolute atomic E-state index is 11.6. The molecule has 1 amide bonds. The molecule has 1 N–H and O–H groups in total. The zero-order chi connectivity index (χ0) is 12.8. The highest BCUT2D eigenvalue weighted by atomic mass is 79.9. The molecule has 2 atom stereocenters. The third kappa shape index (κ3) is 5.81. The van der Waals surface area contributed by atoms with E-state index in [4.69, 9.17) is 4.74 Å². The highest BCUT2D eigenvalue weighted by Crippen LogP contribution is 2.02. The van der Waals surface area contributed by atoms with Gasteiger partial charge in [0.2, 0.25) is 5.91 Å². The van der Waals surface area contributed by atoms with Gasteiger partial charge < -0.3 is 10.1 Å². The number of halogens is 1. The van der Waals surface area contributed by atoms with E-state index in [0.29, 0.717) is 18.4 Å². The van der Waals surface area contributed by atoms with E-state index in [9.17, 15) is 13.2 Å². The number of sulfone groups is 1. The lowest BCUT2D eigenvalue weighted by Crippen LogP contribution is -2.45. The Labute approximate surface area is 105 Å². The Morgan fingerprint density at radius 1 is 1.50 bits per heavy atom. The summed E-state index contributed by atoms with van der Waals surface area (Å²) >= 11 is 3.26. The Kier molecular flexibility index (Phi) is 7.17. The molecule has 0 aromatic carbocycles. The highest BCUT2D eigenvalue weighted by molar-refractivity contribution is 9.09. The minimum absolute atomic E-state index is 0.166. The van der Waals surface area contributed by atoms with Crippen LogP contribution in [0.1, 0.15) is 13.3 Å². The molecular formula is C9H18BrNO4S. The molecule has 0 heterocycles. The molecule has 0 radical (unpaired) electrons. The fraction of sp³-hybridized carbons (Fsp3) is 0.889. The molecule has 0 aliphatic carbocycles. The summed E-state index contributed by atoms with van der Waals surface area (Å²) < 4.78 is 27.3. The molecule has 0 aliphatic rings. The summed E-state index contributed by atoms with van der Waals surface area (Å²) in [7, 11) is -1.81. The first-order chi connectivity index (χ1) is 7.32. The van der Waals surface area contributed by atoms with Crippen molar-refractivity contribution in [2.24, 2.45) is 0 Å². The Balaban J connectivity index is 4.39. The smallest absolute Gasteiger partial charge is 0.238 e. The third-order valence-electron chi connectivity index (χ3n) is 2.18. The fourth-order valence-electron chi connectivity index (χ4n) is 1.04. The maximum Gasteiger partial charge on any atom is 0.238 e. The van der Waals surface area contributed by atoms with E-state index in [2.05, 4.69) is 21.2 Å². The summed E-state index contributed by atoms with van der Waals surface area (Å²) in [6.07, 6.45) is 1.74. The van der Waals surface area contributed by atoms with E-state index in [0.717, 1.165) is 6.26 Å². The zero-order valence-electron chi connectivity index (χ0n) is 9.70. The van der Waals surface area contributed by atoms with Gasteiger partial charge in [0.15, 0.2) is 9.84 Å². The molecule has 0 fully saturated rings. The van der Waals surface area contributed by atoms with Crippen molar-refractivity contribution in [3.8, 4) is 0 Å². The first-order valence-corrected chi connectivity index (χ1v) is 7.94. The molecule has 5 nitrogen and oxygen atoms in total. The Bertz CT molecular complexity index is 311. The third-order valence-corrected chi connectivity index (χ3v) is 4.14. The van der Waals surface area contributed by atoms with E-state index in [1.165, 1.54) is 14.0 Å². The van der Waals surface area contributed by atoms with Crippen molar-refractivity contribution >= 4 is 31.7 Å². The van der Waals surface area contributed by atoms with Gasteiger partial charge in [0.1, 0.15) is 5.25 Å². The SMILES string of the molecule is COCC(CCBr)NC(=O)C(C)S(C)(=O)=O. The number of rotatable bonds is 7. The van der Waals surface area contributed by atoms with Gasteiger partial charge in [-0.3, -0.25) is 4.79 Å². The standard InChI is InChI=1S/C9H18BrNO4S/c1-7(16(3,13)14)9(12)11-8(4-5-10)6-15-2/h7-8H,4-6H2,1-3H3,(H,11,12). The molecule has 7 heteroatoms. The average Bonchev–Trinajstić information content (AvgIpc) is 2.15. The van der Waals surface area contributed by atoms with E-state index in [-0.39, 0.29) is 6.04 Å². The second-order valence-corrected chi connectivity index (χ2v) is 6.77. The Hall–Kier alpha value is -0.140. The second kappa shape index (κ2) is 7.24. The van der Waals surface area contributed by atoms with Gasteiger partial charge in [-0.25, -0.2) is 8.42 Å². The molecule has 96 valence electrons. The minimum Gasteiger partial charge on any atom is -0.383 e. The molecule has 16 heavy (non-hydrogen) atoms. The fourth-order valence-corrected chi connectivity index (χ4v) is 2.05. The number of carbonyl (C=O) groups excluding carboxylic acids is 1. The Morgan fingerprint density at radius 2 is 2.06 bits per heavy atom. The van der Waals surface area contributed by atoms with Crippen LogP contribution >= 0.6 is 15.9 Å². The van der Waals surface area contributed by atoms with Crippen LogP contribution in [0.25, 0.3) is 0 Å². The second-order valence-electron chi connectivity index (χ2n) is 3.61. The predicted octanol–water partition coefficient (Wildman–Crippen LogP) is 0.336. The first-order valence-electron chi connectivity index (χ1n) is 4.87. The predicted molar refractivity (Wildman–Crippen MR) is 66.5 cm³/mol. The number of nitrogens with one attached hydrogen (secondary N) is 1. The van der Waals surface area contributed by atoms with Gasteiger partial charge in [-0.15, -0.1) is 0 Å². The number of carbonyl (C=O) groups is 1. The number of methoxy groups -OCH3 is 1. The van der Waals surface area contributed by atoms with Crippen LogP contribution in [-0.2, 0) is 19.4 Å². The van der Waals surface area contributed by atoms with Crippen molar-refractivity contribution in [1.82, 2.24) is 5.32 Å². The number of hydrogen-bond donors (Lipinski definition) is 1. The molecular weight excluding hydrogens is 298 g/mol. The van der Waals surface area contributed by atoms with Gasteiger partial charge in [0.05, 0.1) is 12.6 Å². The Morgan fingerprint density at radius 3 is 2.44 bits per heavy atom. The molecule has 0 aliphatic heterocycles. The monoisotopic (exact) mass is 315 g/mol. The van der Waals surface area contributed by atoms with Crippen LogP contribution in [0.3, 0.4) is 0 Å². The summed E-state index contributed by atoms with van der Waals surface area (Å²) in [5.74, 6) is -0.481. The van der Waals surface area contributed by atoms with Crippen LogP contribution < -0.4 is 5.32 Å². The van der Waals surface area contributed by atoms with Crippen molar-refractivity contribution in [1.29, 1.82) is 0 Å². The van der Waals surface area contributed by atoms with Crippen molar-refractivity contribution in [3.63, 3.8) is 0 Å². The van der Waals surface area contributed by atoms with Gasteiger partial charge >= 0.3 is 0 Å². The van der Waals surface area contributed by atoms with Crippen LogP contribution in [0.4, 0.5) is 0 Å². The lowest BCUT2D eigenvalue weighted by atomic mass is 10.2. The maximum atomic E-state index is 11.6. The molecule has 0 saturated heterocycles. The number of ether oxygens (including phenoxy) is 1. The van der Waals surface area contributed by atoms with Crippen molar-refractivity contribution in [2.45, 2.75) is 24.6 Å². The first kappa shape index (κ1) is 15.9. The topological polar surface area (TPSA) is 72.5 Å². The van der Waals surface area contributed by atoms with Gasteiger partial charge in [0, 0.05) is 18.7 Å². The van der Waals surface area contributed by atoms with E-state index >= 15 is 0 Å². The van der Waals surface area contributed by atoms with Gasteiger partial charge in [0.25, 0.3) is 0 Å². The van der Waals surface area contributed by atoms with Crippen LogP contribution in [-0.4, -0.2) is 50.9 Å². The molecule has 0 aromatic rings. The number of hydrogen-bond acceptors (Lipinski definition) is 4. The average molecular weight is 316 g/mol. The summed E-state index contributed by atoms with van der Waals surface area (Å²) in [6.45, 7) is 1.75. The molecule has 0 bridgehead atoms. The zero-order valence-corrected chi connectivity index (χ0v) is 12.1. The van der Waals surface area contributed by atoms with E-state index < -0.39 is 21.0 Å². The molecule has 0 spiro atoms. The normalized spacial score (nSPS) is 15.5. The lowest BCUT2D eigenvalue weighted by molar-refractivity contribution is -0.121. The molecule has 0 rings (SSSR count). The van der Waals surface area contributed by atoms with Crippen LogP contribution in [0.2, 0.25) is 0 Å². The number of amides is 1. The van der Waals surface area contributed by atoms with Gasteiger partial charge in [-0.1, -0.05) is 15.9 Å². The van der Waals surface area contributed by atoms with Gasteiger partial charge in [-0.2, -0.15) is 0 Å². The summed E-state index contributed by atoms with van der Waals surface area (Å²) in [5, 5.41) is 2.34. The molecule has 0 aromatic heterocycles. The summed E-state index contributed by atoms with van der Waals surface area (Å²) in [6, 6.07) is -0.166. The van der Waals surface area contributed by atoms with Crippen molar-refractivity contribution in [2.75, 3.05) is 25.3 Å². The quantitative estimate of drug-likeness (QED) is 0.687. The van der Waals surface area contributed by atoms with Crippen molar-refractivity contribution in [3.05, 3.63) is 0 Å². The van der Waals surface area contributed by atoms with Crippen LogP contribution in [0, 0.1) is 0 Å². The molecule has 2 unspecified atom stereocenters. The molecule has 0 saturated carbocycles. The lowest BCUT2D eigenvalue weighted by Gasteiger charge is -2.19. The largest absolute Gasteiger partial charge is 0.383 e.